The minimum absolute atomic E-state index is 0.0843. The molecule has 4 nitrogen and oxygen atoms in total. The van der Waals surface area contributed by atoms with E-state index >= 15 is 0 Å². The van der Waals surface area contributed by atoms with Crippen LogP contribution >= 0.6 is 15.9 Å². The molecule has 1 aliphatic rings. The van der Waals surface area contributed by atoms with Crippen LogP contribution in [-0.2, 0) is 4.79 Å². The molecule has 0 saturated heterocycles. The highest BCUT2D eigenvalue weighted by molar-refractivity contribution is 9.10. The van der Waals surface area contributed by atoms with Crippen LogP contribution in [0, 0.1) is 6.92 Å². The highest BCUT2D eigenvalue weighted by Crippen LogP contribution is 2.30. The second-order valence-electron chi connectivity index (χ2n) is 4.49. The lowest BCUT2D eigenvalue weighted by molar-refractivity contribution is -0.137. The van der Waals surface area contributed by atoms with Gasteiger partial charge < -0.3 is 10.0 Å². The zero-order valence-electron chi connectivity index (χ0n) is 10.0. The second kappa shape index (κ2) is 5.10. The molecule has 18 heavy (non-hydrogen) atoms. The first kappa shape index (κ1) is 13.1. The maximum absolute atomic E-state index is 12.4. The van der Waals surface area contributed by atoms with Gasteiger partial charge in [0.15, 0.2) is 0 Å². The molecule has 96 valence electrons. The molecule has 1 aliphatic carbocycles. The fraction of sp³-hybridized carbons (Fsp3) is 0.385. The SMILES string of the molecule is Cc1cccc(C(=O)N(CC(=O)O)C2CC2)c1Br. The molecule has 0 spiro atoms. The summed E-state index contributed by atoms with van der Waals surface area (Å²) < 4.78 is 0.742. The number of hydrogen-bond donors (Lipinski definition) is 1. The molecule has 0 bridgehead atoms. The Hall–Kier alpha value is -1.36. The number of carbonyl (C=O) groups is 2. The van der Waals surface area contributed by atoms with Crippen molar-refractivity contribution in [2.45, 2.75) is 25.8 Å². The molecule has 1 aromatic carbocycles. The van der Waals surface area contributed by atoms with Crippen LogP contribution in [0.2, 0.25) is 0 Å². The molecule has 0 radical (unpaired) electrons. The van der Waals surface area contributed by atoms with E-state index in [9.17, 15) is 9.59 Å². The van der Waals surface area contributed by atoms with Gasteiger partial charge in [0.05, 0.1) is 5.56 Å². The first-order valence-corrected chi connectivity index (χ1v) is 6.58. The van der Waals surface area contributed by atoms with Gasteiger partial charge >= 0.3 is 5.97 Å². The molecule has 1 saturated carbocycles. The number of nitrogens with zero attached hydrogens (tertiary/aromatic N) is 1. The fourth-order valence-corrected chi connectivity index (χ4v) is 2.30. The Morgan fingerprint density at radius 1 is 1.44 bits per heavy atom. The predicted molar refractivity (Wildman–Crippen MR) is 70.6 cm³/mol. The molecule has 2 rings (SSSR count). The van der Waals surface area contributed by atoms with Gasteiger partial charge in [-0.1, -0.05) is 12.1 Å². The van der Waals surface area contributed by atoms with Crippen LogP contribution in [-0.4, -0.2) is 34.5 Å². The Bertz CT molecular complexity index is 497. The Balaban J connectivity index is 2.27. The van der Waals surface area contributed by atoms with Crippen molar-refractivity contribution in [1.82, 2.24) is 4.90 Å². The van der Waals surface area contributed by atoms with Gasteiger partial charge in [0.25, 0.3) is 5.91 Å². The summed E-state index contributed by atoms with van der Waals surface area (Å²) in [6.07, 6.45) is 1.78. The molecule has 1 fully saturated rings. The molecule has 1 N–H and O–H groups in total. The van der Waals surface area contributed by atoms with E-state index in [0.29, 0.717) is 5.56 Å². The van der Waals surface area contributed by atoms with Crippen molar-refractivity contribution in [2.24, 2.45) is 0 Å². The monoisotopic (exact) mass is 311 g/mol. The molecule has 0 heterocycles. The summed E-state index contributed by atoms with van der Waals surface area (Å²) in [6, 6.07) is 5.51. The minimum Gasteiger partial charge on any atom is -0.480 e. The molecule has 1 amide bonds. The number of benzene rings is 1. The molecular weight excluding hydrogens is 298 g/mol. The fourth-order valence-electron chi connectivity index (χ4n) is 1.87. The number of carboxylic acids is 1. The van der Waals surface area contributed by atoms with Gasteiger partial charge in [-0.05, 0) is 47.3 Å². The van der Waals surface area contributed by atoms with Crippen LogP contribution in [0.3, 0.4) is 0 Å². The van der Waals surface area contributed by atoms with Gasteiger partial charge in [0.2, 0.25) is 0 Å². The highest BCUT2D eigenvalue weighted by atomic mass is 79.9. The standard InChI is InChI=1S/C13H14BrNO3/c1-8-3-2-4-10(12(8)14)13(18)15(7-11(16)17)9-5-6-9/h2-4,9H,5-7H2,1H3,(H,16,17). The van der Waals surface area contributed by atoms with E-state index in [2.05, 4.69) is 15.9 Å². The lowest BCUT2D eigenvalue weighted by Gasteiger charge is -2.21. The maximum Gasteiger partial charge on any atom is 0.323 e. The van der Waals surface area contributed by atoms with E-state index in [0.717, 1.165) is 22.9 Å². The third-order valence-corrected chi connectivity index (χ3v) is 4.03. The van der Waals surface area contributed by atoms with E-state index in [1.54, 1.807) is 12.1 Å². The summed E-state index contributed by atoms with van der Waals surface area (Å²) in [5, 5.41) is 8.87. The van der Waals surface area contributed by atoms with Crippen LogP contribution in [0.1, 0.15) is 28.8 Å². The second-order valence-corrected chi connectivity index (χ2v) is 5.29. The zero-order valence-corrected chi connectivity index (χ0v) is 11.6. The minimum atomic E-state index is -0.973. The molecule has 0 aliphatic heterocycles. The van der Waals surface area contributed by atoms with Gasteiger partial charge in [-0.25, -0.2) is 0 Å². The Morgan fingerprint density at radius 3 is 2.67 bits per heavy atom. The smallest absolute Gasteiger partial charge is 0.323 e. The average molecular weight is 312 g/mol. The van der Waals surface area contributed by atoms with Crippen molar-refractivity contribution in [1.29, 1.82) is 0 Å². The zero-order chi connectivity index (χ0) is 13.3. The number of carbonyl (C=O) groups excluding carboxylic acids is 1. The quantitative estimate of drug-likeness (QED) is 0.929. The number of halogens is 1. The molecule has 0 unspecified atom stereocenters. The van der Waals surface area contributed by atoms with E-state index < -0.39 is 5.97 Å². The Kier molecular flexibility index (Phi) is 3.71. The lowest BCUT2D eigenvalue weighted by atomic mass is 10.1. The number of aliphatic carboxylic acids is 1. The Labute approximate surface area is 114 Å². The molecule has 1 aromatic rings. The lowest BCUT2D eigenvalue weighted by Crippen LogP contribution is -2.37. The van der Waals surface area contributed by atoms with Gasteiger partial charge in [-0.15, -0.1) is 0 Å². The number of hydrogen-bond acceptors (Lipinski definition) is 2. The Morgan fingerprint density at radius 2 is 2.11 bits per heavy atom. The van der Waals surface area contributed by atoms with Crippen LogP contribution in [0.25, 0.3) is 0 Å². The largest absolute Gasteiger partial charge is 0.480 e. The normalized spacial score (nSPS) is 14.3. The van der Waals surface area contributed by atoms with Crippen molar-refractivity contribution < 1.29 is 14.7 Å². The van der Waals surface area contributed by atoms with Crippen LogP contribution in [0.15, 0.2) is 22.7 Å². The highest BCUT2D eigenvalue weighted by Gasteiger charge is 2.34. The van der Waals surface area contributed by atoms with Crippen molar-refractivity contribution in [3.05, 3.63) is 33.8 Å². The van der Waals surface area contributed by atoms with E-state index in [1.807, 2.05) is 13.0 Å². The van der Waals surface area contributed by atoms with Gasteiger partial charge in [-0.2, -0.15) is 0 Å². The van der Waals surface area contributed by atoms with Crippen molar-refractivity contribution in [2.75, 3.05) is 6.54 Å². The molecule has 5 heteroatoms. The molecular formula is C13H14BrNO3. The first-order chi connectivity index (χ1) is 8.50. The van der Waals surface area contributed by atoms with E-state index in [4.69, 9.17) is 5.11 Å². The summed E-state index contributed by atoms with van der Waals surface area (Å²) in [5.41, 5.74) is 1.50. The maximum atomic E-state index is 12.4. The average Bonchev–Trinajstić information content (AvgIpc) is 3.12. The van der Waals surface area contributed by atoms with Crippen molar-refractivity contribution in [3.63, 3.8) is 0 Å². The number of aryl methyl sites for hydroxylation is 1. The van der Waals surface area contributed by atoms with Gasteiger partial charge in [0, 0.05) is 10.5 Å². The summed E-state index contributed by atoms with van der Waals surface area (Å²) >= 11 is 3.39. The van der Waals surface area contributed by atoms with Crippen molar-refractivity contribution in [3.8, 4) is 0 Å². The van der Waals surface area contributed by atoms with E-state index in [-0.39, 0.29) is 18.5 Å². The van der Waals surface area contributed by atoms with Crippen molar-refractivity contribution >= 4 is 27.8 Å². The summed E-state index contributed by atoms with van der Waals surface area (Å²) in [7, 11) is 0. The van der Waals surface area contributed by atoms with Crippen LogP contribution < -0.4 is 0 Å². The van der Waals surface area contributed by atoms with Crippen LogP contribution in [0.5, 0.6) is 0 Å². The summed E-state index contributed by atoms with van der Waals surface area (Å²) in [6.45, 7) is 1.67. The third-order valence-electron chi connectivity index (χ3n) is 2.98. The summed E-state index contributed by atoms with van der Waals surface area (Å²) in [4.78, 5) is 24.6. The summed E-state index contributed by atoms with van der Waals surface area (Å²) in [5.74, 6) is -1.19. The molecule has 0 atom stereocenters. The van der Waals surface area contributed by atoms with Gasteiger partial charge in [-0.3, -0.25) is 9.59 Å². The number of rotatable bonds is 4. The topological polar surface area (TPSA) is 57.6 Å². The number of amides is 1. The molecule has 0 aromatic heterocycles. The third kappa shape index (κ3) is 2.72. The predicted octanol–water partition coefficient (Wildman–Crippen LogP) is 2.45. The first-order valence-electron chi connectivity index (χ1n) is 5.78. The van der Waals surface area contributed by atoms with Gasteiger partial charge in [0.1, 0.15) is 6.54 Å². The van der Waals surface area contributed by atoms with E-state index in [1.165, 1.54) is 4.90 Å². The van der Waals surface area contributed by atoms with Crippen LogP contribution in [0.4, 0.5) is 0 Å². The number of carboxylic acid groups (broad SMARTS) is 1.